The van der Waals surface area contributed by atoms with Gasteiger partial charge in [-0.05, 0) is 0 Å². The van der Waals surface area contributed by atoms with Crippen LogP contribution < -0.4 is 0 Å². The summed E-state index contributed by atoms with van der Waals surface area (Å²) in [6.07, 6.45) is 1.99. The minimum atomic E-state index is -1.25. The van der Waals surface area contributed by atoms with Gasteiger partial charge in [0.2, 0.25) is 0 Å². The molecule has 1 N–H and O–H groups in total. The van der Waals surface area contributed by atoms with Crippen LogP contribution in [-0.4, -0.2) is 8.72 Å². The van der Waals surface area contributed by atoms with E-state index in [1.807, 2.05) is 0 Å². The standard InChI is InChI=1S/C4H9O.ClH.Hg/c1-2-3-4-5;;/h4-5H,2-3H2,1H3;1H;/q;;+1/p-1. The third-order valence-corrected chi connectivity index (χ3v) is 6.90. The molecule has 1 atom stereocenters. The van der Waals surface area contributed by atoms with Crippen molar-refractivity contribution in [3.63, 3.8) is 0 Å². The van der Waals surface area contributed by atoms with Gasteiger partial charge in [0, 0.05) is 0 Å². The van der Waals surface area contributed by atoms with E-state index in [4.69, 9.17) is 13.4 Å². The van der Waals surface area contributed by atoms with E-state index in [1.165, 1.54) is 0 Å². The van der Waals surface area contributed by atoms with Crippen molar-refractivity contribution >= 4 is 8.25 Å². The van der Waals surface area contributed by atoms with Crippen molar-refractivity contribution in [3.8, 4) is 0 Å². The normalized spacial score (nSPS) is 13.0. The van der Waals surface area contributed by atoms with Crippen LogP contribution in [0.15, 0.2) is 0 Å². The van der Waals surface area contributed by atoms with Crippen molar-refractivity contribution in [3.05, 3.63) is 0 Å². The second kappa shape index (κ2) is 5.32. The Labute approximate surface area is 59.9 Å². The molecule has 1 unspecified atom stereocenters. The molecular formula is C4H9ClHgO. The molecule has 3 heteroatoms. The number of rotatable bonds is 3. The zero-order valence-electron chi connectivity index (χ0n) is 4.52. The van der Waals surface area contributed by atoms with Crippen LogP contribution in [0.5, 0.6) is 0 Å². The predicted molar refractivity (Wildman–Crippen MR) is 26.8 cm³/mol. The molecule has 0 bridgehead atoms. The van der Waals surface area contributed by atoms with Gasteiger partial charge in [-0.15, -0.1) is 0 Å². The first-order valence-corrected chi connectivity index (χ1v) is 12.5. The van der Waals surface area contributed by atoms with Crippen molar-refractivity contribution in [2.45, 2.75) is 23.4 Å². The van der Waals surface area contributed by atoms with Crippen LogP contribution in [0, 0.1) is 0 Å². The van der Waals surface area contributed by atoms with Crippen molar-refractivity contribution in [1.29, 1.82) is 0 Å². The molecule has 0 aliphatic rings. The number of aliphatic hydroxyl groups is 1. The summed E-state index contributed by atoms with van der Waals surface area (Å²) in [5.74, 6) is 0. The average molecular weight is 309 g/mol. The summed E-state index contributed by atoms with van der Waals surface area (Å²) in [5, 5.41) is 8.82. The SMILES string of the molecule is CCC[CH](O)[Hg][Cl]. The van der Waals surface area contributed by atoms with Crippen molar-refractivity contribution < 1.29 is 28.4 Å². The Hall–Kier alpha value is 1.19. The third kappa shape index (κ3) is 5.05. The molecule has 0 spiro atoms. The van der Waals surface area contributed by atoms with Gasteiger partial charge in [-0.3, -0.25) is 0 Å². The van der Waals surface area contributed by atoms with E-state index in [2.05, 4.69) is 6.92 Å². The predicted octanol–water partition coefficient (Wildman–Crippen LogP) is 1.34. The van der Waals surface area contributed by atoms with Crippen molar-refractivity contribution in [1.82, 2.24) is 0 Å². The molecule has 0 radical (unpaired) electrons. The molecule has 0 aliphatic carbocycles. The van der Waals surface area contributed by atoms with Gasteiger partial charge in [-0.25, -0.2) is 0 Å². The number of hydrogen-bond donors (Lipinski definition) is 1. The molecule has 7 heavy (non-hydrogen) atoms. The van der Waals surface area contributed by atoms with E-state index in [9.17, 15) is 0 Å². The molecule has 0 aliphatic heterocycles. The van der Waals surface area contributed by atoms with Crippen LogP contribution in [0.4, 0.5) is 0 Å². The fraction of sp³-hybridized carbons (Fsp3) is 1.00. The summed E-state index contributed by atoms with van der Waals surface area (Å²) in [6.45, 7) is 2.06. The summed E-state index contributed by atoms with van der Waals surface area (Å²) in [4.78, 5) is 0. The second-order valence-electron chi connectivity index (χ2n) is 1.60. The molecule has 0 saturated carbocycles. The van der Waals surface area contributed by atoms with E-state index in [0.717, 1.165) is 12.8 Å². The number of aliphatic hydroxyl groups excluding tert-OH is 1. The Morgan fingerprint density at radius 2 is 2.43 bits per heavy atom. The van der Waals surface area contributed by atoms with E-state index in [1.54, 1.807) is 0 Å². The Bertz CT molecular complexity index is 42.7. The maximum atomic E-state index is 8.82. The first kappa shape index (κ1) is 8.19. The number of halogens is 1. The molecule has 0 aromatic heterocycles. The molecule has 0 aromatic rings. The molecular weight excluding hydrogens is 300 g/mol. The van der Waals surface area contributed by atoms with E-state index < -0.39 is 23.3 Å². The summed E-state index contributed by atoms with van der Waals surface area (Å²) in [7, 11) is 5.50. The van der Waals surface area contributed by atoms with Gasteiger partial charge in [0.05, 0.1) is 0 Å². The van der Waals surface area contributed by atoms with Gasteiger partial charge in [-0.1, -0.05) is 0 Å². The zero-order valence-corrected chi connectivity index (χ0v) is 10.8. The van der Waals surface area contributed by atoms with Gasteiger partial charge in [0.1, 0.15) is 0 Å². The van der Waals surface area contributed by atoms with Gasteiger partial charge in [-0.2, -0.15) is 0 Å². The van der Waals surface area contributed by atoms with E-state index in [-0.39, 0.29) is 3.61 Å². The number of hydrogen-bond acceptors (Lipinski definition) is 1. The fourth-order valence-corrected chi connectivity index (χ4v) is 3.95. The molecule has 0 heterocycles. The van der Waals surface area contributed by atoms with Crippen molar-refractivity contribution in [2.75, 3.05) is 0 Å². The zero-order chi connectivity index (χ0) is 5.70. The van der Waals surface area contributed by atoms with Crippen LogP contribution >= 0.6 is 8.25 Å². The van der Waals surface area contributed by atoms with E-state index in [0.29, 0.717) is 0 Å². The summed E-state index contributed by atoms with van der Waals surface area (Å²) in [6, 6.07) is 0. The third-order valence-electron chi connectivity index (χ3n) is 0.800. The van der Waals surface area contributed by atoms with Crippen LogP contribution in [0.2, 0.25) is 0 Å². The molecule has 0 fully saturated rings. The Morgan fingerprint density at radius 3 is 2.57 bits per heavy atom. The van der Waals surface area contributed by atoms with Crippen LogP contribution in [0.3, 0.4) is 0 Å². The molecule has 0 aromatic carbocycles. The van der Waals surface area contributed by atoms with Crippen LogP contribution in [0.25, 0.3) is 0 Å². The Morgan fingerprint density at radius 1 is 1.86 bits per heavy atom. The molecule has 1 nitrogen and oxygen atoms in total. The first-order valence-electron chi connectivity index (χ1n) is 2.55. The molecule has 40 valence electrons. The van der Waals surface area contributed by atoms with Crippen LogP contribution in [-0.2, 0) is 23.3 Å². The molecule has 0 amide bonds. The van der Waals surface area contributed by atoms with Gasteiger partial charge >= 0.3 is 60.1 Å². The summed E-state index contributed by atoms with van der Waals surface area (Å²) < 4.78 is -0.0633. The summed E-state index contributed by atoms with van der Waals surface area (Å²) >= 11 is -1.25. The van der Waals surface area contributed by atoms with Crippen molar-refractivity contribution in [2.24, 2.45) is 0 Å². The minimum absolute atomic E-state index is 0.0633. The van der Waals surface area contributed by atoms with E-state index >= 15 is 0 Å². The summed E-state index contributed by atoms with van der Waals surface area (Å²) in [5.41, 5.74) is 0. The van der Waals surface area contributed by atoms with Gasteiger partial charge in [0.15, 0.2) is 0 Å². The Balaban J connectivity index is 2.83. The quantitative estimate of drug-likeness (QED) is 0.780. The monoisotopic (exact) mass is 310 g/mol. The first-order chi connectivity index (χ1) is 3.31. The maximum absolute atomic E-state index is 8.82. The van der Waals surface area contributed by atoms with Gasteiger partial charge in [0.25, 0.3) is 0 Å². The Kier molecular flexibility index (Phi) is 6.23. The topological polar surface area (TPSA) is 20.2 Å². The second-order valence-corrected chi connectivity index (χ2v) is 9.17. The molecule has 0 rings (SSSR count). The van der Waals surface area contributed by atoms with Crippen LogP contribution in [0.1, 0.15) is 19.8 Å². The average Bonchev–Trinajstić information content (AvgIpc) is 1.68. The molecule has 0 saturated heterocycles. The van der Waals surface area contributed by atoms with Gasteiger partial charge < -0.3 is 0 Å². The fourth-order valence-electron chi connectivity index (χ4n) is 0.410.